The molecular formula is C26H31N5O4. The Bertz CT molecular complexity index is 1150. The average molecular weight is 478 g/mol. The predicted octanol–water partition coefficient (Wildman–Crippen LogP) is 2.46. The number of methoxy groups -OCH3 is 1. The van der Waals surface area contributed by atoms with E-state index in [0.717, 1.165) is 29.0 Å². The van der Waals surface area contributed by atoms with E-state index in [9.17, 15) is 9.59 Å². The number of hydrogen-bond donors (Lipinski definition) is 0. The van der Waals surface area contributed by atoms with Gasteiger partial charge in [0.15, 0.2) is 0 Å². The second kappa shape index (κ2) is 11.1. The number of ether oxygens (including phenoxy) is 2. The quantitative estimate of drug-likeness (QED) is 0.495. The predicted molar refractivity (Wildman–Crippen MR) is 130 cm³/mol. The minimum atomic E-state index is -0.351. The molecule has 0 aliphatic carbocycles. The fourth-order valence-corrected chi connectivity index (χ4v) is 4.10. The molecule has 1 aliphatic heterocycles. The van der Waals surface area contributed by atoms with Crippen LogP contribution in [0.2, 0.25) is 0 Å². The van der Waals surface area contributed by atoms with Crippen LogP contribution in [0.5, 0.6) is 5.75 Å². The molecule has 1 aliphatic rings. The maximum absolute atomic E-state index is 13.4. The van der Waals surface area contributed by atoms with Gasteiger partial charge in [0.2, 0.25) is 5.91 Å². The number of carbonyl (C=O) groups is 2. The minimum absolute atomic E-state index is 0.0171. The van der Waals surface area contributed by atoms with Gasteiger partial charge in [0.05, 0.1) is 25.5 Å². The van der Waals surface area contributed by atoms with Crippen LogP contribution in [0.25, 0.3) is 0 Å². The molecule has 1 atom stereocenters. The van der Waals surface area contributed by atoms with Crippen molar-refractivity contribution in [3.8, 4) is 5.75 Å². The van der Waals surface area contributed by atoms with Crippen LogP contribution in [-0.4, -0.2) is 69.2 Å². The zero-order valence-corrected chi connectivity index (χ0v) is 20.4. The zero-order valence-electron chi connectivity index (χ0n) is 20.4. The Hall–Kier alpha value is -3.72. The van der Waals surface area contributed by atoms with E-state index in [-0.39, 0.29) is 24.5 Å². The first-order valence-electron chi connectivity index (χ1n) is 11.7. The summed E-state index contributed by atoms with van der Waals surface area (Å²) < 4.78 is 13.0. The molecular weight excluding hydrogens is 446 g/mol. The number of rotatable bonds is 8. The summed E-state index contributed by atoms with van der Waals surface area (Å²) in [6.07, 6.45) is 3.81. The van der Waals surface area contributed by atoms with Gasteiger partial charge in [0.25, 0.3) is 5.91 Å². The van der Waals surface area contributed by atoms with Crippen molar-refractivity contribution >= 4 is 11.8 Å². The lowest BCUT2D eigenvalue weighted by molar-refractivity contribution is -0.132. The van der Waals surface area contributed by atoms with E-state index < -0.39 is 0 Å². The Morgan fingerprint density at radius 2 is 1.83 bits per heavy atom. The van der Waals surface area contributed by atoms with E-state index in [1.165, 1.54) is 0 Å². The van der Waals surface area contributed by atoms with Crippen molar-refractivity contribution in [3.63, 3.8) is 0 Å². The highest BCUT2D eigenvalue weighted by Gasteiger charge is 2.32. The summed E-state index contributed by atoms with van der Waals surface area (Å²) in [4.78, 5) is 34.1. The van der Waals surface area contributed by atoms with Gasteiger partial charge in [-0.1, -0.05) is 19.1 Å². The number of aryl methyl sites for hydroxylation is 2. The normalized spacial score (nSPS) is 16.3. The van der Waals surface area contributed by atoms with Crippen molar-refractivity contribution in [1.29, 1.82) is 0 Å². The lowest BCUT2D eigenvalue weighted by Gasteiger charge is -2.25. The summed E-state index contributed by atoms with van der Waals surface area (Å²) in [5.41, 5.74) is 3.26. The van der Waals surface area contributed by atoms with Crippen LogP contribution in [0.15, 0.2) is 54.9 Å². The van der Waals surface area contributed by atoms with E-state index in [0.29, 0.717) is 31.9 Å². The Kier molecular flexibility index (Phi) is 7.77. The second-order valence-electron chi connectivity index (χ2n) is 8.59. The number of carbonyl (C=O) groups excluding carboxylic acids is 2. The molecule has 0 radical (unpaired) electrons. The standard InChI is InChI=1S/C26H31N5O4/c1-4-21-13-24(29(2)28-21)26(33)31-16-23(35-18-20-9-11-27-12-10-20)15-30(25(32)17-31)14-19-5-7-22(34-3)8-6-19/h5-13,23H,4,14-18H2,1-3H3. The molecule has 0 N–H and O–H groups in total. The third kappa shape index (κ3) is 6.05. The third-order valence-electron chi connectivity index (χ3n) is 6.09. The van der Waals surface area contributed by atoms with Crippen LogP contribution < -0.4 is 4.74 Å². The van der Waals surface area contributed by atoms with Gasteiger partial charge in [0.1, 0.15) is 18.0 Å². The second-order valence-corrected chi connectivity index (χ2v) is 8.59. The highest BCUT2D eigenvalue weighted by molar-refractivity contribution is 5.95. The number of amides is 2. The van der Waals surface area contributed by atoms with Crippen molar-refractivity contribution in [2.75, 3.05) is 26.7 Å². The third-order valence-corrected chi connectivity index (χ3v) is 6.09. The number of nitrogens with zero attached hydrogens (tertiary/aromatic N) is 5. The minimum Gasteiger partial charge on any atom is -0.497 e. The molecule has 4 rings (SSSR count). The summed E-state index contributed by atoms with van der Waals surface area (Å²) in [6, 6.07) is 13.2. The molecule has 9 heteroatoms. The van der Waals surface area contributed by atoms with Crippen LogP contribution in [0.1, 0.15) is 34.2 Å². The first-order chi connectivity index (χ1) is 17.0. The summed E-state index contributed by atoms with van der Waals surface area (Å²) in [5, 5.41) is 4.39. The number of hydrogen-bond acceptors (Lipinski definition) is 6. The number of aromatic nitrogens is 3. The Morgan fingerprint density at radius 1 is 1.09 bits per heavy atom. The lowest BCUT2D eigenvalue weighted by Crippen LogP contribution is -2.40. The fourth-order valence-electron chi connectivity index (χ4n) is 4.10. The molecule has 0 bridgehead atoms. The van der Waals surface area contributed by atoms with E-state index in [2.05, 4.69) is 10.1 Å². The molecule has 3 heterocycles. The first kappa shape index (κ1) is 24.4. The molecule has 2 amide bonds. The van der Waals surface area contributed by atoms with Crippen molar-refractivity contribution in [2.45, 2.75) is 32.6 Å². The lowest BCUT2D eigenvalue weighted by atomic mass is 10.2. The van der Waals surface area contributed by atoms with E-state index >= 15 is 0 Å². The van der Waals surface area contributed by atoms with Gasteiger partial charge < -0.3 is 19.3 Å². The molecule has 0 saturated carbocycles. The van der Waals surface area contributed by atoms with Gasteiger partial charge in [-0.25, -0.2) is 0 Å². The van der Waals surface area contributed by atoms with E-state index in [1.54, 1.807) is 47.1 Å². The Morgan fingerprint density at radius 3 is 2.49 bits per heavy atom. The van der Waals surface area contributed by atoms with Crippen LogP contribution in [0.3, 0.4) is 0 Å². The van der Waals surface area contributed by atoms with E-state index in [1.807, 2.05) is 43.3 Å². The van der Waals surface area contributed by atoms with Crippen molar-refractivity contribution in [3.05, 3.63) is 77.4 Å². The largest absolute Gasteiger partial charge is 0.497 e. The van der Waals surface area contributed by atoms with E-state index in [4.69, 9.17) is 9.47 Å². The number of benzene rings is 1. The van der Waals surface area contributed by atoms with Gasteiger partial charge in [-0.15, -0.1) is 0 Å². The van der Waals surface area contributed by atoms with Gasteiger partial charge >= 0.3 is 0 Å². The van der Waals surface area contributed by atoms with Crippen molar-refractivity contribution in [2.24, 2.45) is 7.05 Å². The molecule has 184 valence electrons. The Labute approximate surface area is 205 Å². The fraction of sp³-hybridized carbons (Fsp3) is 0.385. The summed E-state index contributed by atoms with van der Waals surface area (Å²) in [6.45, 7) is 3.45. The maximum Gasteiger partial charge on any atom is 0.272 e. The highest BCUT2D eigenvalue weighted by Crippen LogP contribution is 2.18. The summed E-state index contributed by atoms with van der Waals surface area (Å²) in [7, 11) is 3.37. The van der Waals surface area contributed by atoms with Gasteiger partial charge in [-0.3, -0.25) is 19.3 Å². The molecule has 1 saturated heterocycles. The molecule has 9 nitrogen and oxygen atoms in total. The van der Waals surface area contributed by atoms with Crippen molar-refractivity contribution < 1.29 is 19.1 Å². The van der Waals surface area contributed by atoms with Gasteiger partial charge in [-0.2, -0.15) is 5.10 Å². The van der Waals surface area contributed by atoms with Crippen LogP contribution in [-0.2, 0) is 36.2 Å². The monoisotopic (exact) mass is 477 g/mol. The molecule has 1 unspecified atom stereocenters. The summed E-state index contributed by atoms with van der Waals surface area (Å²) >= 11 is 0. The zero-order chi connectivity index (χ0) is 24.8. The van der Waals surface area contributed by atoms with Crippen molar-refractivity contribution in [1.82, 2.24) is 24.6 Å². The first-order valence-corrected chi connectivity index (χ1v) is 11.7. The van der Waals surface area contributed by atoms with Gasteiger partial charge in [-0.05, 0) is 47.9 Å². The molecule has 3 aromatic rings. The van der Waals surface area contributed by atoms with Crippen LogP contribution >= 0.6 is 0 Å². The smallest absolute Gasteiger partial charge is 0.272 e. The highest BCUT2D eigenvalue weighted by atomic mass is 16.5. The molecule has 2 aromatic heterocycles. The maximum atomic E-state index is 13.4. The molecule has 35 heavy (non-hydrogen) atoms. The topological polar surface area (TPSA) is 89.8 Å². The SMILES string of the molecule is CCc1cc(C(=O)N2CC(=O)N(Cc3ccc(OC)cc3)CC(OCc3ccncc3)C2)n(C)n1. The Balaban J connectivity index is 1.54. The molecule has 1 fully saturated rings. The van der Waals surface area contributed by atoms with Crippen LogP contribution in [0, 0.1) is 0 Å². The molecule has 0 spiro atoms. The average Bonchev–Trinajstić information content (AvgIpc) is 3.19. The summed E-state index contributed by atoms with van der Waals surface area (Å²) in [5.74, 6) is 0.410. The molecule has 1 aromatic carbocycles. The number of pyridine rings is 1. The van der Waals surface area contributed by atoms with Gasteiger partial charge in [0, 0.05) is 39.1 Å². The van der Waals surface area contributed by atoms with Crippen LogP contribution in [0.4, 0.5) is 0 Å².